The lowest BCUT2D eigenvalue weighted by Crippen LogP contribution is -2.38. The fourth-order valence-corrected chi connectivity index (χ4v) is 5.00. The molecule has 0 aromatic rings. The molecule has 2 aliphatic heterocycles. The lowest BCUT2D eigenvalue weighted by atomic mass is 10.1. The second kappa shape index (κ2) is 6.56. The molecule has 0 aliphatic carbocycles. The van der Waals surface area contributed by atoms with Crippen molar-refractivity contribution in [2.24, 2.45) is 11.8 Å². The summed E-state index contributed by atoms with van der Waals surface area (Å²) in [5.74, 6) is -0.365. The highest BCUT2D eigenvalue weighted by Gasteiger charge is 2.42. The zero-order valence-electron chi connectivity index (χ0n) is 13.4. The summed E-state index contributed by atoms with van der Waals surface area (Å²) in [6.45, 7) is 6.26. The quantitative estimate of drug-likeness (QED) is 0.702. The number of amides is 1. The Kier molecular flexibility index (Phi) is 5.14. The van der Waals surface area contributed by atoms with Crippen molar-refractivity contribution in [3.05, 3.63) is 0 Å². The molecular formula is C15H25NO5S. The lowest BCUT2D eigenvalue weighted by molar-refractivity contribution is -0.153. The highest BCUT2D eigenvalue weighted by atomic mass is 32.2. The molecule has 2 aliphatic rings. The predicted molar refractivity (Wildman–Crippen MR) is 81.9 cm³/mol. The molecule has 2 saturated heterocycles. The zero-order chi connectivity index (χ0) is 16.5. The van der Waals surface area contributed by atoms with Crippen LogP contribution in [0, 0.1) is 11.8 Å². The minimum Gasteiger partial charge on any atom is -0.462 e. The van der Waals surface area contributed by atoms with Gasteiger partial charge in [-0.3, -0.25) is 9.59 Å². The maximum atomic E-state index is 12.2. The number of sulfone groups is 1. The van der Waals surface area contributed by atoms with Gasteiger partial charge in [0.1, 0.15) is 0 Å². The van der Waals surface area contributed by atoms with Crippen LogP contribution in [0.3, 0.4) is 0 Å². The maximum absolute atomic E-state index is 12.2. The maximum Gasteiger partial charge on any atom is 0.311 e. The van der Waals surface area contributed by atoms with Gasteiger partial charge in [-0.15, -0.1) is 0 Å². The van der Waals surface area contributed by atoms with Crippen molar-refractivity contribution in [1.29, 1.82) is 0 Å². The topological polar surface area (TPSA) is 80.8 Å². The predicted octanol–water partition coefficient (Wildman–Crippen LogP) is 1.000. The zero-order valence-corrected chi connectivity index (χ0v) is 14.3. The molecule has 0 aromatic heterocycles. The van der Waals surface area contributed by atoms with E-state index in [9.17, 15) is 18.0 Å². The number of ether oxygens (including phenoxy) is 1. The van der Waals surface area contributed by atoms with Gasteiger partial charge >= 0.3 is 5.97 Å². The Balaban J connectivity index is 1.90. The summed E-state index contributed by atoms with van der Waals surface area (Å²) in [7, 11) is -3.04. The summed E-state index contributed by atoms with van der Waals surface area (Å²) >= 11 is 0. The van der Waals surface area contributed by atoms with E-state index in [1.165, 1.54) is 0 Å². The Labute approximate surface area is 132 Å². The molecule has 3 atom stereocenters. The number of hydrogen-bond acceptors (Lipinski definition) is 5. The second-order valence-corrected chi connectivity index (χ2v) is 9.11. The van der Waals surface area contributed by atoms with Crippen molar-refractivity contribution in [3.63, 3.8) is 0 Å². The molecule has 0 aromatic carbocycles. The van der Waals surface area contributed by atoms with Gasteiger partial charge < -0.3 is 9.64 Å². The lowest BCUT2D eigenvalue weighted by Gasteiger charge is -2.23. The van der Waals surface area contributed by atoms with E-state index in [2.05, 4.69) is 13.8 Å². The van der Waals surface area contributed by atoms with E-state index >= 15 is 0 Å². The van der Waals surface area contributed by atoms with Crippen LogP contribution in [0.2, 0.25) is 0 Å². The summed E-state index contributed by atoms with van der Waals surface area (Å²) in [5.41, 5.74) is 0. The minimum atomic E-state index is -3.04. The monoisotopic (exact) mass is 331 g/mol. The molecule has 0 radical (unpaired) electrons. The molecule has 2 heterocycles. The Bertz CT molecular complexity index is 542. The molecule has 0 spiro atoms. The van der Waals surface area contributed by atoms with Crippen molar-refractivity contribution >= 4 is 21.7 Å². The first-order valence-electron chi connectivity index (χ1n) is 7.88. The van der Waals surface area contributed by atoms with Crippen molar-refractivity contribution in [2.75, 3.05) is 18.1 Å². The number of hydrogen-bond donors (Lipinski definition) is 0. The van der Waals surface area contributed by atoms with E-state index in [0.29, 0.717) is 12.3 Å². The normalized spacial score (nSPS) is 29.1. The third kappa shape index (κ3) is 4.21. The third-order valence-electron chi connectivity index (χ3n) is 4.26. The largest absolute Gasteiger partial charge is 0.462 e. The Morgan fingerprint density at radius 1 is 1.36 bits per heavy atom. The molecular weight excluding hydrogens is 306 g/mol. The van der Waals surface area contributed by atoms with Gasteiger partial charge in [-0.2, -0.15) is 0 Å². The molecule has 2 rings (SSSR count). The molecule has 6 nitrogen and oxygen atoms in total. The van der Waals surface area contributed by atoms with Crippen LogP contribution in [0.5, 0.6) is 0 Å². The van der Waals surface area contributed by atoms with Crippen LogP contribution in [0.4, 0.5) is 0 Å². The van der Waals surface area contributed by atoms with Crippen molar-refractivity contribution < 1.29 is 22.7 Å². The number of carbonyl (C=O) groups is 2. The van der Waals surface area contributed by atoms with Gasteiger partial charge in [0.05, 0.1) is 23.5 Å². The fourth-order valence-electron chi connectivity index (χ4n) is 3.27. The van der Waals surface area contributed by atoms with E-state index in [0.717, 1.165) is 6.42 Å². The van der Waals surface area contributed by atoms with E-state index in [1.807, 2.05) is 6.92 Å². The Morgan fingerprint density at radius 2 is 2.05 bits per heavy atom. The summed E-state index contributed by atoms with van der Waals surface area (Å²) in [5, 5.41) is 0. The van der Waals surface area contributed by atoms with Crippen LogP contribution in [0.15, 0.2) is 0 Å². The van der Waals surface area contributed by atoms with E-state index in [4.69, 9.17) is 4.74 Å². The van der Waals surface area contributed by atoms with Crippen LogP contribution in [0.25, 0.3) is 0 Å². The highest BCUT2D eigenvalue weighted by molar-refractivity contribution is 7.91. The van der Waals surface area contributed by atoms with E-state index in [1.54, 1.807) is 4.90 Å². The fraction of sp³-hybridized carbons (Fsp3) is 0.867. The van der Waals surface area contributed by atoms with Crippen LogP contribution in [-0.2, 0) is 24.2 Å². The SMILES string of the molecule is CC(C)CC(C)OC(=O)C1CC(=O)N(C2CCS(=O)(=O)C2)C1. The highest BCUT2D eigenvalue weighted by Crippen LogP contribution is 2.27. The Hall–Kier alpha value is -1.11. The van der Waals surface area contributed by atoms with Gasteiger partial charge in [0.2, 0.25) is 5.91 Å². The van der Waals surface area contributed by atoms with Gasteiger partial charge in [0, 0.05) is 19.0 Å². The van der Waals surface area contributed by atoms with Gasteiger partial charge in [0.15, 0.2) is 9.84 Å². The van der Waals surface area contributed by atoms with Gasteiger partial charge in [-0.05, 0) is 25.7 Å². The number of rotatable bonds is 5. The first-order chi connectivity index (χ1) is 10.2. The average molecular weight is 331 g/mol. The smallest absolute Gasteiger partial charge is 0.311 e. The van der Waals surface area contributed by atoms with Crippen LogP contribution in [-0.4, -0.2) is 55.4 Å². The molecule has 2 fully saturated rings. The minimum absolute atomic E-state index is 0.0181. The molecule has 7 heteroatoms. The number of esters is 1. The average Bonchev–Trinajstić information content (AvgIpc) is 2.91. The van der Waals surface area contributed by atoms with Gasteiger partial charge in [0.25, 0.3) is 0 Å². The second-order valence-electron chi connectivity index (χ2n) is 6.88. The van der Waals surface area contributed by atoms with E-state index < -0.39 is 15.8 Å². The Morgan fingerprint density at radius 3 is 2.59 bits per heavy atom. The number of carbonyl (C=O) groups excluding carboxylic acids is 2. The molecule has 0 bridgehead atoms. The van der Waals surface area contributed by atoms with Crippen LogP contribution in [0.1, 0.15) is 40.0 Å². The summed E-state index contributed by atoms with van der Waals surface area (Å²) in [6, 6.07) is -0.275. The van der Waals surface area contributed by atoms with Crippen molar-refractivity contribution in [3.8, 4) is 0 Å². The van der Waals surface area contributed by atoms with Crippen molar-refractivity contribution in [2.45, 2.75) is 52.2 Å². The standard InChI is InChI=1S/C15H25NO5S/c1-10(2)6-11(3)21-15(18)12-7-14(17)16(8-12)13-4-5-22(19,20)9-13/h10-13H,4-9H2,1-3H3. The first-order valence-corrected chi connectivity index (χ1v) is 9.70. The van der Waals surface area contributed by atoms with E-state index in [-0.39, 0.29) is 48.5 Å². The molecule has 126 valence electrons. The summed E-state index contributed by atoms with van der Waals surface area (Å²) in [4.78, 5) is 25.8. The molecule has 22 heavy (non-hydrogen) atoms. The molecule has 0 N–H and O–H groups in total. The van der Waals surface area contributed by atoms with Crippen LogP contribution < -0.4 is 0 Å². The van der Waals surface area contributed by atoms with Crippen LogP contribution >= 0.6 is 0 Å². The summed E-state index contributed by atoms with van der Waals surface area (Å²) < 4.78 is 28.5. The number of likely N-dealkylation sites (tertiary alicyclic amines) is 1. The first kappa shape index (κ1) is 17.2. The number of nitrogens with zero attached hydrogens (tertiary/aromatic N) is 1. The molecule has 1 amide bonds. The molecule has 3 unspecified atom stereocenters. The van der Waals surface area contributed by atoms with Gasteiger partial charge in [-0.1, -0.05) is 13.8 Å². The van der Waals surface area contributed by atoms with Crippen molar-refractivity contribution in [1.82, 2.24) is 4.90 Å². The third-order valence-corrected chi connectivity index (χ3v) is 6.01. The van der Waals surface area contributed by atoms with Gasteiger partial charge in [-0.25, -0.2) is 8.42 Å². The molecule has 0 saturated carbocycles. The summed E-state index contributed by atoms with van der Waals surface area (Å²) in [6.07, 6.45) is 1.23.